The largest absolute Gasteiger partial charge is 0.390 e. The fourth-order valence-electron chi connectivity index (χ4n) is 3.88. The fraction of sp³-hybridized carbons (Fsp3) is 0.400. The van der Waals surface area contributed by atoms with E-state index in [4.69, 9.17) is 0 Å². The van der Waals surface area contributed by atoms with Crippen LogP contribution in [0.5, 0.6) is 0 Å². The molecule has 0 amide bonds. The third-order valence-electron chi connectivity index (χ3n) is 5.00. The van der Waals surface area contributed by atoms with Crippen molar-refractivity contribution in [1.29, 1.82) is 0 Å². The zero-order valence-corrected chi connectivity index (χ0v) is 13.4. The lowest BCUT2D eigenvalue weighted by molar-refractivity contribution is -0.0616. The molecule has 0 spiro atoms. The molecule has 0 aromatic heterocycles. The first kappa shape index (κ1) is 15.3. The van der Waals surface area contributed by atoms with Crippen molar-refractivity contribution in [3.05, 3.63) is 71.8 Å². The van der Waals surface area contributed by atoms with Gasteiger partial charge >= 0.3 is 0 Å². The predicted octanol–water partition coefficient (Wildman–Crippen LogP) is 4.24. The quantitative estimate of drug-likeness (QED) is 0.887. The summed E-state index contributed by atoms with van der Waals surface area (Å²) in [5.41, 5.74) is 1.84. The third-order valence-corrected chi connectivity index (χ3v) is 5.00. The normalized spacial score (nSPS) is 31.9. The first-order chi connectivity index (χ1) is 10.6. The van der Waals surface area contributed by atoms with Gasteiger partial charge in [-0.25, -0.2) is 0 Å². The van der Waals surface area contributed by atoms with Crippen LogP contribution in [0.15, 0.2) is 60.7 Å². The van der Waals surface area contributed by atoms with Crippen LogP contribution in [0.1, 0.15) is 49.9 Å². The molecule has 22 heavy (non-hydrogen) atoms. The fourth-order valence-corrected chi connectivity index (χ4v) is 3.88. The zero-order chi connectivity index (χ0) is 15.6. The zero-order valence-electron chi connectivity index (χ0n) is 13.4. The van der Waals surface area contributed by atoms with E-state index in [1.165, 1.54) is 11.1 Å². The van der Waals surface area contributed by atoms with Crippen LogP contribution in [-0.4, -0.2) is 10.7 Å². The van der Waals surface area contributed by atoms with Crippen LogP contribution >= 0.6 is 0 Å². The lowest BCUT2D eigenvalue weighted by atomic mass is 9.71. The van der Waals surface area contributed by atoms with E-state index in [-0.39, 0.29) is 18.0 Å². The Labute approximate surface area is 133 Å². The van der Waals surface area contributed by atoms with Gasteiger partial charge in [0.25, 0.3) is 0 Å². The molecule has 116 valence electrons. The van der Waals surface area contributed by atoms with Gasteiger partial charge in [0.05, 0.1) is 5.60 Å². The summed E-state index contributed by atoms with van der Waals surface area (Å²) in [5.74, 6) is 0.217. The molecule has 1 heterocycles. The Morgan fingerprint density at radius 2 is 1.55 bits per heavy atom. The summed E-state index contributed by atoms with van der Waals surface area (Å²) in [4.78, 5) is 0. The lowest BCUT2D eigenvalue weighted by Crippen LogP contribution is -2.51. The molecule has 0 aliphatic carbocycles. The average molecular weight is 295 g/mol. The van der Waals surface area contributed by atoms with Gasteiger partial charge in [0.1, 0.15) is 0 Å². The van der Waals surface area contributed by atoms with Gasteiger partial charge < -0.3 is 10.4 Å². The Hall–Kier alpha value is -1.64. The molecule has 1 aliphatic heterocycles. The number of piperidine rings is 1. The van der Waals surface area contributed by atoms with E-state index in [0.29, 0.717) is 0 Å². The molecule has 2 aromatic carbocycles. The number of nitrogens with one attached hydrogen (secondary N) is 1. The minimum absolute atomic E-state index is 0.181. The summed E-state index contributed by atoms with van der Waals surface area (Å²) in [7, 11) is 0. The second-order valence-electron chi connectivity index (χ2n) is 6.59. The highest BCUT2D eigenvalue weighted by molar-refractivity contribution is 5.26. The van der Waals surface area contributed by atoms with Crippen LogP contribution in [0, 0.1) is 5.92 Å². The van der Waals surface area contributed by atoms with Crippen LogP contribution < -0.4 is 5.32 Å². The van der Waals surface area contributed by atoms with Gasteiger partial charge in [0.2, 0.25) is 0 Å². The van der Waals surface area contributed by atoms with Crippen LogP contribution in [0.3, 0.4) is 0 Å². The Morgan fingerprint density at radius 3 is 2.09 bits per heavy atom. The van der Waals surface area contributed by atoms with Gasteiger partial charge in [-0.05, 0) is 30.9 Å². The average Bonchev–Trinajstić information content (AvgIpc) is 2.55. The van der Waals surface area contributed by atoms with Crippen molar-refractivity contribution in [2.24, 2.45) is 5.92 Å². The van der Waals surface area contributed by atoms with Gasteiger partial charge in [-0.2, -0.15) is 0 Å². The summed E-state index contributed by atoms with van der Waals surface area (Å²) >= 11 is 0. The van der Waals surface area contributed by atoms with Crippen LogP contribution in [0.2, 0.25) is 0 Å². The van der Waals surface area contributed by atoms with Gasteiger partial charge in [0.15, 0.2) is 0 Å². The van der Waals surface area contributed by atoms with Crippen molar-refractivity contribution in [2.75, 3.05) is 0 Å². The molecule has 0 unspecified atom stereocenters. The summed E-state index contributed by atoms with van der Waals surface area (Å²) in [6.45, 7) is 4.16. The van der Waals surface area contributed by atoms with Crippen molar-refractivity contribution in [3.8, 4) is 0 Å². The summed E-state index contributed by atoms with van der Waals surface area (Å²) in [5, 5.41) is 14.8. The minimum Gasteiger partial charge on any atom is -0.390 e. The van der Waals surface area contributed by atoms with Crippen molar-refractivity contribution in [3.63, 3.8) is 0 Å². The summed E-state index contributed by atoms with van der Waals surface area (Å²) < 4.78 is 0. The van der Waals surface area contributed by atoms with E-state index >= 15 is 0 Å². The van der Waals surface area contributed by atoms with Gasteiger partial charge in [-0.15, -0.1) is 0 Å². The van der Waals surface area contributed by atoms with Crippen molar-refractivity contribution < 1.29 is 5.11 Å². The number of hydrogen-bond donors (Lipinski definition) is 2. The first-order valence-electron chi connectivity index (χ1n) is 8.20. The van der Waals surface area contributed by atoms with Gasteiger partial charge in [-0.1, -0.05) is 67.6 Å². The van der Waals surface area contributed by atoms with Gasteiger partial charge in [0, 0.05) is 18.0 Å². The monoisotopic (exact) mass is 295 g/mol. The predicted molar refractivity (Wildman–Crippen MR) is 90.5 cm³/mol. The molecule has 1 saturated heterocycles. The molecule has 2 heteroatoms. The van der Waals surface area contributed by atoms with Crippen molar-refractivity contribution in [2.45, 2.75) is 44.4 Å². The molecule has 1 fully saturated rings. The number of benzene rings is 2. The van der Waals surface area contributed by atoms with E-state index in [1.807, 2.05) is 19.1 Å². The summed E-state index contributed by atoms with van der Waals surface area (Å²) in [6.07, 6.45) is 1.71. The van der Waals surface area contributed by atoms with E-state index in [9.17, 15) is 5.11 Å². The highest BCUT2D eigenvalue weighted by atomic mass is 16.3. The molecular weight excluding hydrogens is 270 g/mol. The smallest absolute Gasteiger partial charge is 0.0684 e. The standard InChI is InChI=1S/C20H25NO/c1-3-17-19(16-12-8-5-9-13-16)21-18(14-20(17,2)22)15-10-6-4-7-11-15/h4-13,17-19,21-22H,3,14H2,1-2H3/t17-,18+,19+,20+/m1/s1. The number of rotatable bonds is 3. The van der Waals surface area contributed by atoms with Crippen LogP contribution in [0.25, 0.3) is 0 Å². The maximum Gasteiger partial charge on any atom is 0.0684 e. The molecule has 3 rings (SSSR count). The molecule has 2 aromatic rings. The SMILES string of the molecule is CC[C@@H]1[C@H](c2ccccc2)N[C@H](c2ccccc2)C[C@]1(C)O. The van der Waals surface area contributed by atoms with E-state index < -0.39 is 5.60 Å². The highest BCUT2D eigenvalue weighted by Crippen LogP contribution is 2.44. The second-order valence-corrected chi connectivity index (χ2v) is 6.59. The Balaban J connectivity index is 1.95. The highest BCUT2D eigenvalue weighted by Gasteiger charge is 2.44. The molecule has 4 atom stereocenters. The first-order valence-corrected chi connectivity index (χ1v) is 8.20. The van der Waals surface area contributed by atoms with Crippen molar-refractivity contribution >= 4 is 0 Å². The molecule has 0 bridgehead atoms. The molecule has 2 nitrogen and oxygen atoms in total. The third kappa shape index (κ3) is 2.94. The lowest BCUT2D eigenvalue weighted by Gasteiger charge is -2.47. The second kappa shape index (κ2) is 6.23. The Kier molecular flexibility index (Phi) is 4.32. The number of aliphatic hydroxyl groups is 1. The van der Waals surface area contributed by atoms with E-state index in [1.54, 1.807) is 0 Å². The Morgan fingerprint density at radius 1 is 1.00 bits per heavy atom. The van der Waals surface area contributed by atoms with Crippen LogP contribution in [-0.2, 0) is 0 Å². The Bertz CT molecular complexity index is 594. The summed E-state index contributed by atoms with van der Waals surface area (Å²) in [6, 6.07) is 21.3. The van der Waals surface area contributed by atoms with Crippen LogP contribution in [0.4, 0.5) is 0 Å². The van der Waals surface area contributed by atoms with Crippen molar-refractivity contribution in [1.82, 2.24) is 5.32 Å². The topological polar surface area (TPSA) is 32.3 Å². The molecule has 0 radical (unpaired) electrons. The molecule has 0 saturated carbocycles. The maximum absolute atomic E-state index is 11.1. The number of hydrogen-bond acceptors (Lipinski definition) is 2. The van der Waals surface area contributed by atoms with E-state index in [0.717, 1.165) is 12.8 Å². The van der Waals surface area contributed by atoms with E-state index in [2.05, 4.69) is 60.8 Å². The molecule has 2 N–H and O–H groups in total. The van der Waals surface area contributed by atoms with Gasteiger partial charge in [-0.3, -0.25) is 0 Å². The molecule has 1 aliphatic rings. The maximum atomic E-state index is 11.1. The molecular formula is C20H25NO. The minimum atomic E-state index is -0.666.